The van der Waals surface area contributed by atoms with Crippen molar-refractivity contribution in [2.45, 2.75) is 37.8 Å². The van der Waals surface area contributed by atoms with E-state index in [9.17, 15) is 9.59 Å². The zero-order chi connectivity index (χ0) is 15.4. The number of pyridine rings is 1. The summed E-state index contributed by atoms with van der Waals surface area (Å²) in [5.74, 6) is 0.0303. The SMILES string of the molecule is O=C(NC1CCN(C(=O)C2CCCO2)CC1)c1ccncc1. The number of carbonyl (C=O) groups excluding carboxylic acids is 2. The highest BCUT2D eigenvalue weighted by Crippen LogP contribution is 2.18. The summed E-state index contributed by atoms with van der Waals surface area (Å²) < 4.78 is 5.45. The minimum absolute atomic E-state index is 0.0775. The maximum Gasteiger partial charge on any atom is 0.251 e. The molecule has 0 radical (unpaired) electrons. The van der Waals surface area contributed by atoms with E-state index >= 15 is 0 Å². The number of carbonyl (C=O) groups is 2. The lowest BCUT2D eigenvalue weighted by Gasteiger charge is -2.33. The largest absolute Gasteiger partial charge is 0.368 e. The van der Waals surface area contributed by atoms with Crippen LogP contribution in [-0.2, 0) is 9.53 Å². The Bertz CT molecular complexity index is 521. The topological polar surface area (TPSA) is 71.5 Å². The second-order valence-electron chi connectivity index (χ2n) is 5.81. The second kappa shape index (κ2) is 6.87. The quantitative estimate of drug-likeness (QED) is 0.903. The average Bonchev–Trinajstić information content (AvgIpc) is 3.10. The van der Waals surface area contributed by atoms with E-state index in [0.29, 0.717) is 25.3 Å². The van der Waals surface area contributed by atoms with Crippen molar-refractivity contribution in [2.24, 2.45) is 0 Å². The van der Waals surface area contributed by atoms with Crippen LogP contribution >= 0.6 is 0 Å². The van der Waals surface area contributed by atoms with Crippen LogP contribution in [0.4, 0.5) is 0 Å². The maximum absolute atomic E-state index is 12.3. The summed E-state index contributed by atoms with van der Waals surface area (Å²) in [5.41, 5.74) is 0.618. The Kier molecular flexibility index (Phi) is 4.68. The lowest BCUT2D eigenvalue weighted by atomic mass is 10.0. The maximum atomic E-state index is 12.3. The van der Waals surface area contributed by atoms with Crippen LogP contribution in [0.1, 0.15) is 36.0 Å². The number of hydrogen-bond donors (Lipinski definition) is 1. The van der Waals surface area contributed by atoms with Crippen LogP contribution in [0, 0.1) is 0 Å². The number of piperidine rings is 1. The minimum atomic E-state index is -0.247. The molecular weight excluding hydrogens is 282 g/mol. The molecule has 6 nitrogen and oxygen atoms in total. The fourth-order valence-electron chi connectivity index (χ4n) is 2.99. The van der Waals surface area contributed by atoms with E-state index in [1.54, 1.807) is 24.5 Å². The van der Waals surface area contributed by atoms with Crippen molar-refractivity contribution in [3.05, 3.63) is 30.1 Å². The van der Waals surface area contributed by atoms with Crippen molar-refractivity contribution in [1.82, 2.24) is 15.2 Å². The highest BCUT2D eigenvalue weighted by Gasteiger charge is 2.31. The molecule has 0 bridgehead atoms. The first-order valence-electron chi connectivity index (χ1n) is 7.85. The predicted molar refractivity (Wildman–Crippen MR) is 80.3 cm³/mol. The fraction of sp³-hybridized carbons (Fsp3) is 0.562. The van der Waals surface area contributed by atoms with E-state index in [-0.39, 0.29) is 24.0 Å². The molecule has 0 aliphatic carbocycles. The zero-order valence-electron chi connectivity index (χ0n) is 12.5. The summed E-state index contributed by atoms with van der Waals surface area (Å²) in [6.45, 7) is 2.05. The number of hydrogen-bond acceptors (Lipinski definition) is 4. The smallest absolute Gasteiger partial charge is 0.251 e. The number of nitrogens with one attached hydrogen (secondary N) is 1. The molecular formula is C16H21N3O3. The summed E-state index contributed by atoms with van der Waals surface area (Å²) in [6, 6.07) is 3.52. The number of aromatic nitrogens is 1. The van der Waals surface area contributed by atoms with E-state index < -0.39 is 0 Å². The number of rotatable bonds is 3. The van der Waals surface area contributed by atoms with Crippen LogP contribution in [0.15, 0.2) is 24.5 Å². The first-order valence-corrected chi connectivity index (χ1v) is 7.85. The Morgan fingerprint density at radius 1 is 1.18 bits per heavy atom. The van der Waals surface area contributed by atoms with Gasteiger partial charge >= 0.3 is 0 Å². The van der Waals surface area contributed by atoms with Gasteiger partial charge in [0, 0.05) is 43.7 Å². The third-order valence-corrected chi connectivity index (χ3v) is 4.29. The number of likely N-dealkylation sites (tertiary alicyclic amines) is 1. The van der Waals surface area contributed by atoms with Crippen LogP contribution in [0.25, 0.3) is 0 Å². The standard InChI is InChI=1S/C16H21N3O3/c20-15(12-3-7-17-8-4-12)18-13-5-9-19(10-6-13)16(21)14-2-1-11-22-14/h3-4,7-8,13-14H,1-2,5-6,9-11H2,(H,18,20). The molecule has 3 heterocycles. The predicted octanol–water partition coefficient (Wildman–Crippen LogP) is 0.981. The summed E-state index contributed by atoms with van der Waals surface area (Å²) in [4.78, 5) is 30.1. The molecule has 2 fully saturated rings. The van der Waals surface area contributed by atoms with Crippen LogP contribution in [-0.4, -0.2) is 53.5 Å². The van der Waals surface area contributed by atoms with E-state index in [2.05, 4.69) is 10.3 Å². The Hall–Kier alpha value is -1.95. The fourth-order valence-corrected chi connectivity index (χ4v) is 2.99. The van der Waals surface area contributed by atoms with E-state index in [0.717, 1.165) is 25.7 Å². The molecule has 1 aromatic heterocycles. The van der Waals surface area contributed by atoms with Crippen molar-refractivity contribution in [2.75, 3.05) is 19.7 Å². The third-order valence-electron chi connectivity index (χ3n) is 4.29. The molecule has 1 unspecified atom stereocenters. The molecule has 0 aromatic carbocycles. The van der Waals surface area contributed by atoms with Gasteiger partial charge in [0.25, 0.3) is 11.8 Å². The zero-order valence-corrected chi connectivity index (χ0v) is 12.5. The van der Waals surface area contributed by atoms with E-state index in [1.807, 2.05) is 4.90 Å². The average molecular weight is 303 g/mol. The first-order chi connectivity index (χ1) is 10.7. The Balaban J connectivity index is 1.47. The molecule has 118 valence electrons. The van der Waals surface area contributed by atoms with E-state index in [1.165, 1.54) is 0 Å². The molecule has 22 heavy (non-hydrogen) atoms. The normalized spacial score (nSPS) is 22.5. The van der Waals surface area contributed by atoms with Gasteiger partial charge in [0.05, 0.1) is 0 Å². The van der Waals surface area contributed by atoms with Crippen molar-refractivity contribution in [1.29, 1.82) is 0 Å². The number of nitrogens with zero attached hydrogens (tertiary/aromatic N) is 2. The molecule has 1 aromatic rings. The van der Waals surface area contributed by atoms with Crippen LogP contribution in [0.3, 0.4) is 0 Å². The monoisotopic (exact) mass is 303 g/mol. The molecule has 6 heteroatoms. The summed E-state index contributed by atoms with van der Waals surface area (Å²) >= 11 is 0. The Labute approximate surface area is 129 Å². The lowest BCUT2D eigenvalue weighted by molar-refractivity contribution is -0.142. The van der Waals surface area contributed by atoms with Crippen LogP contribution in [0.2, 0.25) is 0 Å². The van der Waals surface area contributed by atoms with Gasteiger partial charge in [-0.3, -0.25) is 14.6 Å². The highest BCUT2D eigenvalue weighted by molar-refractivity contribution is 5.94. The van der Waals surface area contributed by atoms with Gasteiger partial charge in [0.2, 0.25) is 0 Å². The molecule has 2 saturated heterocycles. The second-order valence-corrected chi connectivity index (χ2v) is 5.81. The molecule has 3 rings (SSSR count). The van der Waals surface area contributed by atoms with Crippen LogP contribution in [0.5, 0.6) is 0 Å². The minimum Gasteiger partial charge on any atom is -0.368 e. The Morgan fingerprint density at radius 3 is 2.55 bits per heavy atom. The number of amides is 2. The molecule has 0 saturated carbocycles. The first kappa shape index (κ1) is 15.0. The van der Waals surface area contributed by atoms with Crippen molar-refractivity contribution >= 4 is 11.8 Å². The third kappa shape index (κ3) is 3.44. The molecule has 2 aliphatic heterocycles. The van der Waals surface area contributed by atoms with Gasteiger partial charge in [-0.15, -0.1) is 0 Å². The van der Waals surface area contributed by atoms with Crippen LogP contribution < -0.4 is 5.32 Å². The summed E-state index contributed by atoms with van der Waals surface area (Å²) in [5, 5.41) is 3.03. The van der Waals surface area contributed by atoms with Gasteiger partial charge in [0.15, 0.2) is 0 Å². The van der Waals surface area contributed by atoms with Crippen molar-refractivity contribution < 1.29 is 14.3 Å². The molecule has 0 spiro atoms. The number of ether oxygens (including phenoxy) is 1. The van der Waals surface area contributed by atoms with Gasteiger partial charge in [-0.2, -0.15) is 0 Å². The molecule has 1 atom stereocenters. The summed E-state index contributed by atoms with van der Waals surface area (Å²) in [7, 11) is 0. The van der Waals surface area contributed by atoms with Gasteiger partial charge in [-0.05, 0) is 37.8 Å². The van der Waals surface area contributed by atoms with E-state index in [4.69, 9.17) is 4.74 Å². The molecule has 2 aliphatic rings. The van der Waals surface area contributed by atoms with Crippen molar-refractivity contribution in [3.8, 4) is 0 Å². The highest BCUT2D eigenvalue weighted by atomic mass is 16.5. The van der Waals surface area contributed by atoms with Gasteiger partial charge in [-0.25, -0.2) is 0 Å². The van der Waals surface area contributed by atoms with Gasteiger partial charge < -0.3 is 15.0 Å². The molecule has 2 amide bonds. The van der Waals surface area contributed by atoms with Crippen molar-refractivity contribution in [3.63, 3.8) is 0 Å². The Morgan fingerprint density at radius 2 is 1.91 bits per heavy atom. The molecule has 1 N–H and O–H groups in total. The van der Waals surface area contributed by atoms with Gasteiger partial charge in [-0.1, -0.05) is 0 Å². The lowest BCUT2D eigenvalue weighted by Crippen LogP contribution is -2.49. The summed E-state index contributed by atoms with van der Waals surface area (Å²) in [6.07, 6.45) is 6.34. The van der Waals surface area contributed by atoms with Gasteiger partial charge in [0.1, 0.15) is 6.10 Å².